The van der Waals surface area contributed by atoms with Gasteiger partial charge in [-0.1, -0.05) is 58.9 Å². The number of imidazole rings is 1. The summed E-state index contributed by atoms with van der Waals surface area (Å²) in [4.78, 5) is 113. The molecule has 0 saturated carbocycles. The second-order valence-electron chi connectivity index (χ2n) is 31.1. The minimum atomic E-state index is -5.11. The van der Waals surface area contributed by atoms with Crippen molar-refractivity contribution < 1.29 is 88.4 Å². The van der Waals surface area contributed by atoms with E-state index in [1.807, 2.05) is 118 Å². The second-order valence-corrected chi connectivity index (χ2v) is 32.4. The number of rotatable bonds is 29. The average Bonchev–Trinajstić information content (AvgIpc) is 1.53. The summed E-state index contributed by atoms with van der Waals surface area (Å²) in [5.41, 5.74) is 44.0. The van der Waals surface area contributed by atoms with Gasteiger partial charge in [-0.2, -0.15) is 17.1 Å². The van der Waals surface area contributed by atoms with E-state index < -0.39 is 161 Å². The molecule has 5 fully saturated rings. The van der Waals surface area contributed by atoms with Crippen molar-refractivity contribution in [3.05, 3.63) is 128 Å². The van der Waals surface area contributed by atoms with Gasteiger partial charge in [-0.25, -0.2) is 14.5 Å². The van der Waals surface area contributed by atoms with Crippen LogP contribution in [0.3, 0.4) is 0 Å². The van der Waals surface area contributed by atoms with E-state index in [0.717, 1.165) is 47.1 Å². The Hall–Kier alpha value is -8.03. The fourth-order valence-corrected chi connectivity index (χ4v) is 18.6. The Kier molecular flexibility index (Phi) is 27.0. The van der Waals surface area contributed by atoms with Crippen molar-refractivity contribution in [2.45, 2.75) is 220 Å². The minimum absolute atomic E-state index is 0. The maximum absolute atomic E-state index is 14.3. The summed E-state index contributed by atoms with van der Waals surface area (Å²) in [6, 6.07) is 7.96. The number of benzene rings is 2. The van der Waals surface area contributed by atoms with Crippen LogP contribution in [0.15, 0.2) is 88.2 Å². The molecule has 33 heteroatoms. The number of primary amides is 6. The van der Waals surface area contributed by atoms with Gasteiger partial charge in [-0.3, -0.25) is 53.2 Å². The Balaban J connectivity index is 0.000000714. The molecule has 10 rings (SSSR count). The topological polar surface area (TPSA) is 525 Å². The van der Waals surface area contributed by atoms with Crippen LogP contribution in [0.2, 0.25) is 0 Å². The molecule has 6 aliphatic rings. The Morgan fingerprint density at radius 1 is 0.824 bits per heavy atom. The van der Waals surface area contributed by atoms with Gasteiger partial charge in [0.15, 0.2) is 6.23 Å². The van der Waals surface area contributed by atoms with E-state index in [2.05, 4.69) is 26.2 Å². The molecule has 591 valence electrons. The molecule has 1 radical (unpaired) electrons. The number of fused-ring (bicyclic) bond motifs is 10. The molecule has 108 heavy (non-hydrogen) atoms. The number of phosphoric acid groups is 1. The summed E-state index contributed by atoms with van der Waals surface area (Å²) < 4.78 is 33.9. The monoisotopic (exact) mass is 1560 g/mol. The minimum Gasteiger partial charge on any atom is -0.685 e. The molecular weight excluding hydrogens is 1450 g/mol. The Morgan fingerprint density at radius 2 is 1.44 bits per heavy atom. The Morgan fingerprint density at radius 3 is 2.05 bits per heavy atom. The molecule has 4 unspecified atom stereocenters. The summed E-state index contributed by atoms with van der Waals surface area (Å²) in [5.74, 6) is -4.85. The molecule has 31 nitrogen and oxygen atoms in total. The van der Waals surface area contributed by atoms with E-state index in [1.165, 1.54) is 13.3 Å². The summed E-state index contributed by atoms with van der Waals surface area (Å²) >= 11 is 0. The number of carbonyl (C=O) groups excluding carboxylic acids is 7. The largest absolute Gasteiger partial charge is 0.685 e. The number of carbonyl (C=O) groups is 7. The van der Waals surface area contributed by atoms with Gasteiger partial charge in [0.1, 0.15) is 30.1 Å². The number of aliphatic hydroxyl groups is 2. The third kappa shape index (κ3) is 17.7. The first-order valence-corrected chi connectivity index (χ1v) is 37.6. The van der Waals surface area contributed by atoms with Crippen molar-refractivity contribution in [1.29, 1.82) is 0 Å². The predicted octanol–water partition coefficient (Wildman–Crippen LogP) is 5.61. The SMILES string of the molecule is C/C1=C2/[N-][C@H]([C@H](CC(N)=O)[C@@]2(C)CCC(=O)N=C[C@@H](C)OP(=O)(O)O[C@H]2[C@@H](O)[C@@H]([n+]3c[n-]c4cc(C)c(C)cc43)O[C@@H]2CO)[C@]2(C)[N-]C(/C(C)=C3\[N-]/C(=C\C4[N-]C1[C@@H](CCC(N)=O)C4(C)C)[C@@H](CCC(N)=O)[C@]3(C)CC(N)=O)[C@@H](CCC(N)=O)[C@]2(C)CC(N)=O.[C-]#Cc1ccc(-c2cn(CCCN)nn2)cc1.[Co]. The number of aliphatic imine (C=N–C) groups is 1. The number of ether oxygens (including phenoxy) is 1. The smallest absolute Gasteiger partial charge is 0.473 e. The van der Waals surface area contributed by atoms with E-state index in [1.54, 1.807) is 9.25 Å². The quantitative estimate of drug-likeness (QED) is 0.0104. The number of hydrogen-bond donors (Lipinski definition) is 10. The molecule has 0 spiro atoms. The zero-order valence-electron chi connectivity index (χ0n) is 63.0. The number of aliphatic hydroxyl groups excluding tert-OH is 2. The van der Waals surface area contributed by atoms with Crippen LogP contribution in [0.4, 0.5) is 0 Å². The molecule has 0 aliphatic carbocycles. The number of hydrogen-bond acceptors (Lipinski definition) is 16. The van der Waals surface area contributed by atoms with Gasteiger partial charge in [0.05, 0.1) is 30.2 Å². The van der Waals surface area contributed by atoms with Crippen LogP contribution in [0, 0.1) is 71.5 Å². The summed E-state index contributed by atoms with van der Waals surface area (Å²) in [5, 5.41) is 52.2. The van der Waals surface area contributed by atoms with Gasteiger partial charge in [0, 0.05) is 80.0 Å². The van der Waals surface area contributed by atoms with Crippen molar-refractivity contribution in [3.63, 3.8) is 0 Å². The van der Waals surface area contributed by atoms with Crippen molar-refractivity contribution >= 4 is 66.4 Å². The zero-order valence-corrected chi connectivity index (χ0v) is 64.9. The van der Waals surface area contributed by atoms with Gasteiger partial charge in [0.25, 0.3) is 0 Å². The van der Waals surface area contributed by atoms with Gasteiger partial charge in [-0.05, 0) is 142 Å². The number of nitrogens with two attached hydrogens (primary N) is 7. The molecule has 18 atom stereocenters. The van der Waals surface area contributed by atoms with Crippen LogP contribution in [0.5, 0.6) is 0 Å². The van der Waals surface area contributed by atoms with E-state index in [-0.39, 0.29) is 87.4 Å². The van der Waals surface area contributed by atoms with Crippen molar-refractivity contribution in [2.24, 2.45) is 90.5 Å². The summed E-state index contributed by atoms with van der Waals surface area (Å²) in [6.45, 7) is 21.0. The number of allylic oxidation sites excluding steroid dienone is 3. The van der Waals surface area contributed by atoms with E-state index >= 15 is 0 Å². The number of amides is 7. The zero-order chi connectivity index (χ0) is 78.8. The normalized spacial score (nSPS) is 32.4. The Labute approximate surface area is 640 Å². The first-order valence-electron chi connectivity index (χ1n) is 36.1. The first-order chi connectivity index (χ1) is 50.2. The molecule has 17 N–H and O–H groups in total. The first kappa shape index (κ1) is 85.6. The van der Waals surface area contributed by atoms with Crippen LogP contribution in [0.1, 0.15) is 162 Å². The molecule has 6 aliphatic heterocycles. The third-order valence-corrected chi connectivity index (χ3v) is 24.6. The standard InChI is InChI=1S/C62H90N13O14P.C13H13N4.Co/c1-29-20-39-40(21-30(29)2)75(28-70-39)57-52(84)53(41(27-76)87-57)89-90(85,86)88-31(3)26-69-49(83)18-19-59(8)37(22-46(66)80)56-62(11)61(10,25-48(68)82)36(14-17-45(65)79)51(74-62)33(5)55-60(9,24-47(67)81)34(12-15-43(63)77)38(71-55)23-42-58(6,7)35(13-16-44(64)78)50(72-42)32(4)54(59)73-56;1-2-11-4-6-12(7-5-11)13-10-17(16-15-13)9-3-8-14;/h20-21,23,26,28,31,34-37,41-42,50-53,56-57,76,84H,12-19,22,24-25,27H2,1-11H3,(H13,63,64,65,66,67,68,77,78,79,80,81,82,85,86);4-7,10H,3,8-9,14H2;/q-4;-1;/b38-23-,54-32-,55-33-,69-26?;;/t31-,34-,35-,36-,37+,41-,42?,50?,51?,52-,53-,56-,57+,59-,60+,61+,62+;;/m1../s1. The third-order valence-electron chi connectivity index (χ3n) is 23.5. The molecule has 2 aromatic carbocycles. The van der Waals surface area contributed by atoms with Crippen molar-refractivity contribution in [1.82, 2.24) is 20.0 Å². The average molecular weight is 1560 g/mol. The van der Waals surface area contributed by atoms with Crippen molar-refractivity contribution in [2.75, 3.05) is 13.2 Å². The maximum atomic E-state index is 14.3. The van der Waals surface area contributed by atoms with Crippen LogP contribution in [-0.4, -0.2) is 145 Å². The predicted molar refractivity (Wildman–Crippen MR) is 397 cm³/mol. The van der Waals surface area contributed by atoms with Crippen LogP contribution >= 0.6 is 7.82 Å². The molecular formula is C75H103CoN17O14P-5. The van der Waals surface area contributed by atoms with E-state index in [0.29, 0.717) is 45.8 Å². The number of aryl methyl sites for hydroxylation is 3. The molecule has 5 saturated heterocycles. The number of nitrogens with zero attached hydrogens (tertiary/aromatic N) is 10. The van der Waals surface area contributed by atoms with Crippen LogP contribution in [-0.2, 0) is 75.2 Å². The molecule has 8 bridgehead atoms. The van der Waals surface area contributed by atoms with Crippen LogP contribution in [0.25, 0.3) is 43.6 Å². The number of aromatic nitrogens is 5. The fourth-order valence-electron chi connectivity index (χ4n) is 17.5. The summed E-state index contributed by atoms with van der Waals surface area (Å²) in [6.07, 6.45) is 6.35. The van der Waals surface area contributed by atoms with Crippen molar-refractivity contribution in [3.8, 4) is 17.2 Å². The van der Waals surface area contributed by atoms with E-state index in [4.69, 9.17) is 81.6 Å². The van der Waals surface area contributed by atoms with Gasteiger partial charge in [0.2, 0.25) is 41.4 Å². The van der Waals surface area contributed by atoms with Gasteiger partial charge < -0.3 is 92.2 Å². The van der Waals surface area contributed by atoms with E-state index in [9.17, 15) is 53.2 Å². The fraction of sp³-hybridized carbons (Fsp3) is 0.587. The van der Waals surface area contributed by atoms with Gasteiger partial charge in [-0.15, -0.1) is 69.7 Å². The van der Waals surface area contributed by atoms with Gasteiger partial charge >= 0.3 is 7.82 Å². The molecule has 8 heterocycles. The second kappa shape index (κ2) is 34.1. The molecule has 2 aromatic heterocycles. The Bertz CT molecular complexity index is 4290. The molecule has 7 amide bonds. The molecule has 4 aromatic rings. The maximum Gasteiger partial charge on any atom is 0.473 e. The summed E-state index contributed by atoms with van der Waals surface area (Å²) in [7, 11) is -5.11. The number of phosphoric ester groups is 1. The van der Waals surface area contributed by atoms with Crippen LogP contribution < -0.4 is 49.7 Å².